The number of aliphatic hydroxyl groups excluding tert-OH is 1. The number of phosphoric ester groups is 2. The number of rotatable bonds is 72. The number of phosphoric acid groups is 2. The summed E-state index contributed by atoms with van der Waals surface area (Å²) in [5, 5.41) is 10.6. The van der Waals surface area contributed by atoms with E-state index >= 15 is 0 Å². The normalized spacial score (nSPS) is 14.6. The molecule has 0 spiro atoms. The van der Waals surface area contributed by atoms with Gasteiger partial charge in [-0.05, 0) is 148 Å². The Morgan fingerprint density at radius 2 is 0.540 bits per heavy atom. The molecule has 5 atom stereocenters. The lowest BCUT2D eigenvalue weighted by atomic mass is 10.1. The average Bonchev–Trinajstić information content (AvgIpc) is 1.06. The quantitative estimate of drug-likeness (QED) is 0.0169. The van der Waals surface area contributed by atoms with Crippen molar-refractivity contribution in [2.75, 3.05) is 39.6 Å². The topological polar surface area (TPSA) is 237 Å². The molecule has 0 aromatic carbocycles. The molecule has 0 aliphatic carbocycles. The summed E-state index contributed by atoms with van der Waals surface area (Å²) in [6.07, 6.45) is 79.0. The van der Waals surface area contributed by atoms with E-state index in [1.165, 1.54) is 38.5 Å². The van der Waals surface area contributed by atoms with Crippen LogP contribution in [0.25, 0.3) is 0 Å². The molecule has 0 rings (SSSR count). The Balaban J connectivity index is 5.39. The zero-order valence-corrected chi connectivity index (χ0v) is 64.4. The molecule has 574 valence electrons. The SMILES string of the molecule is CC/C=C\C/C=C\C/C=C\C/C=C\CCCCCCC(=O)OCC(COP(=O)(O)OCC(O)COP(=O)(O)OCC(COC(=O)CCCCCCC/C=C\C/C=C\C/C=C\CC)OC(=O)CCCCCCC/C=C\C/C=C\CCC)OC(=O)CCCCCCC/C=C\CCCCCCCC. The van der Waals surface area contributed by atoms with Crippen LogP contribution in [0.5, 0.6) is 0 Å². The summed E-state index contributed by atoms with van der Waals surface area (Å²) in [6, 6.07) is 0. The fourth-order valence-electron chi connectivity index (χ4n) is 10.0. The smallest absolute Gasteiger partial charge is 0.462 e. The average molecular weight is 1450 g/mol. The summed E-state index contributed by atoms with van der Waals surface area (Å²) in [5.41, 5.74) is 0. The number of carbonyl (C=O) groups is 4. The molecule has 3 N–H and O–H groups in total. The molecule has 0 fully saturated rings. The number of allylic oxidation sites excluding steroid dienone is 20. The third-order valence-electron chi connectivity index (χ3n) is 15.9. The largest absolute Gasteiger partial charge is 0.472 e. The predicted molar refractivity (Wildman–Crippen MR) is 408 cm³/mol. The Bertz CT molecular complexity index is 2370. The van der Waals surface area contributed by atoms with Crippen LogP contribution in [0.3, 0.4) is 0 Å². The van der Waals surface area contributed by atoms with E-state index in [2.05, 4.69) is 149 Å². The zero-order chi connectivity index (χ0) is 73.2. The fraction of sp³-hybridized carbons (Fsp3) is 0.704. The van der Waals surface area contributed by atoms with Crippen molar-refractivity contribution in [3.8, 4) is 0 Å². The lowest BCUT2D eigenvalue weighted by Gasteiger charge is -2.21. The van der Waals surface area contributed by atoms with E-state index in [4.69, 9.17) is 37.0 Å². The first-order valence-corrected chi connectivity index (χ1v) is 41.8. The maximum absolute atomic E-state index is 13.1. The molecule has 100 heavy (non-hydrogen) atoms. The van der Waals surface area contributed by atoms with E-state index in [0.717, 1.165) is 193 Å². The molecule has 0 aliphatic rings. The molecular weight excluding hydrogens is 1310 g/mol. The van der Waals surface area contributed by atoms with Crippen LogP contribution in [-0.2, 0) is 65.4 Å². The van der Waals surface area contributed by atoms with Gasteiger partial charge in [0.2, 0.25) is 0 Å². The molecule has 17 nitrogen and oxygen atoms in total. The summed E-state index contributed by atoms with van der Waals surface area (Å²) in [6.45, 7) is 4.52. The number of carbonyl (C=O) groups excluding carboxylic acids is 4. The highest BCUT2D eigenvalue weighted by Crippen LogP contribution is 2.45. The second kappa shape index (κ2) is 72.8. The van der Waals surface area contributed by atoms with Gasteiger partial charge in [-0.25, -0.2) is 9.13 Å². The first kappa shape index (κ1) is 95.5. The maximum atomic E-state index is 13.1. The standard InChI is InChI=1S/C81H138O17P2/c1-5-9-13-17-21-25-29-33-36-37-40-43-46-50-54-58-62-66-79(84)92-72-77(98-81(86)68-64-60-56-52-48-44-39-35-31-27-23-19-15-11-7-3)74-96-100(89,90)94-70-75(82)69-93-99(87,88)95-73-76(97-80(85)67-63-59-55-51-47-41-32-28-24-20-16-12-8-4)71-91-78(83)65-61-57-53-49-45-42-38-34-30-26-22-18-14-10-6-2/h9-10,13-14,16,20-22,25-26,28,32-36,38-40,43,75-77,82H,5-8,11-12,15,17-19,23-24,27,29-31,37,41-42,44-74H2,1-4H3,(H,87,88)(H,89,90)/b13-9-,14-10-,20-16-,25-21-,26-22-,32-28-,36-33-,38-34-,39-35-,43-40-. The number of aliphatic hydroxyl groups is 1. The zero-order valence-electron chi connectivity index (χ0n) is 62.6. The van der Waals surface area contributed by atoms with E-state index in [-0.39, 0.29) is 25.7 Å². The van der Waals surface area contributed by atoms with Crippen LogP contribution in [0.2, 0.25) is 0 Å². The Labute approximate surface area is 606 Å². The number of unbranched alkanes of at least 4 members (excludes halogenated alkanes) is 26. The molecule has 5 unspecified atom stereocenters. The minimum absolute atomic E-state index is 0.0723. The van der Waals surface area contributed by atoms with Crippen molar-refractivity contribution in [3.05, 3.63) is 122 Å². The predicted octanol–water partition coefficient (Wildman–Crippen LogP) is 22.3. The van der Waals surface area contributed by atoms with Gasteiger partial charge in [0.1, 0.15) is 19.3 Å². The molecular formula is C81H138O17P2. The Morgan fingerprint density at radius 1 is 0.290 bits per heavy atom. The van der Waals surface area contributed by atoms with E-state index in [1.54, 1.807) is 0 Å². The van der Waals surface area contributed by atoms with Crippen LogP contribution in [0.4, 0.5) is 0 Å². The monoisotopic (exact) mass is 1440 g/mol. The molecule has 0 aromatic heterocycles. The van der Waals surface area contributed by atoms with Gasteiger partial charge in [-0.3, -0.25) is 37.3 Å². The number of hydrogen-bond donors (Lipinski definition) is 3. The van der Waals surface area contributed by atoms with Gasteiger partial charge < -0.3 is 33.8 Å². The van der Waals surface area contributed by atoms with Gasteiger partial charge >= 0.3 is 39.5 Å². The second-order valence-corrected chi connectivity index (χ2v) is 28.4. The van der Waals surface area contributed by atoms with E-state index < -0.39 is 97.5 Å². The van der Waals surface area contributed by atoms with Gasteiger partial charge in [0.15, 0.2) is 12.2 Å². The first-order chi connectivity index (χ1) is 48.7. The van der Waals surface area contributed by atoms with Crippen LogP contribution < -0.4 is 0 Å². The van der Waals surface area contributed by atoms with Crippen molar-refractivity contribution in [1.29, 1.82) is 0 Å². The van der Waals surface area contributed by atoms with E-state index in [0.29, 0.717) is 25.7 Å². The van der Waals surface area contributed by atoms with Crippen LogP contribution >= 0.6 is 15.6 Å². The molecule has 0 heterocycles. The highest BCUT2D eigenvalue weighted by molar-refractivity contribution is 7.47. The van der Waals surface area contributed by atoms with Crippen molar-refractivity contribution < 1.29 is 80.2 Å². The highest BCUT2D eigenvalue weighted by atomic mass is 31.2. The molecule has 19 heteroatoms. The molecule has 0 saturated carbocycles. The van der Waals surface area contributed by atoms with Gasteiger partial charge in [0.05, 0.1) is 26.4 Å². The number of hydrogen-bond acceptors (Lipinski definition) is 15. The maximum Gasteiger partial charge on any atom is 0.472 e. The van der Waals surface area contributed by atoms with Crippen molar-refractivity contribution in [3.63, 3.8) is 0 Å². The summed E-state index contributed by atoms with van der Waals surface area (Å²) >= 11 is 0. The first-order valence-electron chi connectivity index (χ1n) is 38.8. The third-order valence-corrected chi connectivity index (χ3v) is 17.8. The van der Waals surface area contributed by atoms with Gasteiger partial charge in [0.25, 0.3) is 0 Å². The Morgan fingerprint density at radius 3 is 0.850 bits per heavy atom. The lowest BCUT2D eigenvalue weighted by Crippen LogP contribution is -2.30. The van der Waals surface area contributed by atoms with E-state index in [1.807, 2.05) is 0 Å². The van der Waals surface area contributed by atoms with Crippen molar-refractivity contribution in [1.82, 2.24) is 0 Å². The highest BCUT2D eigenvalue weighted by Gasteiger charge is 2.30. The van der Waals surface area contributed by atoms with Gasteiger partial charge in [-0.15, -0.1) is 0 Å². The van der Waals surface area contributed by atoms with Crippen LogP contribution in [0, 0.1) is 0 Å². The van der Waals surface area contributed by atoms with Gasteiger partial charge in [-0.2, -0.15) is 0 Å². The van der Waals surface area contributed by atoms with Crippen LogP contribution in [0.1, 0.15) is 310 Å². The second-order valence-electron chi connectivity index (χ2n) is 25.5. The van der Waals surface area contributed by atoms with Crippen molar-refractivity contribution >= 4 is 39.5 Å². The summed E-state index contributed by atoms with van der Waals surface area (Å²) in [5.74, 6) is -2.24. The Kier molecular flexibility index (Phi) is 69.5. The van der Waals surface area contributed by atoms with Crippen molar-refractivity contribution in [2.24, 2.45) is 0 Å². The summed E-state index contributed by atoms with van der Waals surface area (Å²) in [7, 11) is -9.97. The third kappa shape index (κ3) is 71.8. The van der Waals surface area contributed by atoms with E-state index in [9.17, 15) is 43.2 Å². The molecule has 0 saturated heterocycles. The van der Waals surface area contributed by atoms with Crippen LogP contribution in [-0.4, -0.2) is 96.7 Å². The lowest BCUT2D eigenvalue weighted by molar-refractivity contribution is -0.161. The summed E-state index contributed by atoms with van der Waals surface area (Å²) < 4.78 is 68.5. The fourth-order valence-corrected chi connectivity index (χ4v) is 11.6. The summed E-state index contributed by atoms with van der Waals surface area (Å²) in [4.78, 5) is 72.9. The number of esters is 4. The Hall–Kier alpha value is -4.54. The number of ether oxygens (including phenoxy) is 4. The van der Waals surface area contributed by atoms with Crippen LogP contribution in [0.15, 0.2) is 122 Å². The molecule has 0 amide bonds. The van der Waals surface area contributed by atoms with Gasteiger partial charge in [-0.1, -0.05) is 258 Å². The molecule has 0 radical (unpaired) electrons. The van der Waals surface area contributed by atoms with Crippen molar-refractivity contribution in [2.45, 2.75) is 329 Å². The molecule has 0 aromatic rings. The minimum Gasteiger partial charge on any atom is -0.462 e. The van der Waals surface area contributed by atoms with Gasteiger partial charge in [0, 0.05) is 25.7 Å². The minimum atomic E-state index is -4.99. The molecule has 0 aliphatic heterocycles. The molecule has 0 bridgehead atoms.